The molecule has 2 aliphatic heterocycles. The number of benzene rings is 1. The van der Waals surface area contributed by atoms with Crippen molar-refractivity contribution in [3.8, 4) is 0 Å². The van der Waals surface area contributed by atoms with Crippen molar-refractivity contribution in [2.45, 2.75) is 38.5 Å². The van der Waals surface area contributed by atoms with Crippen LogP contribution in [0.1, 0.15) is 33.6 Å². The van der Waals surface area contributed by atoms with Gasteiger partial charge in [-0.1, -0.05) is 12.1 Å². The van der Waals surface area contributed by atoms with E-state index in [9.17, 15) is 14.0 Å². The predicted molar refractivity (Wildman–Crippen MR) is 108 cm³/mol. The molecular formula is C21H20FN3O3S. The highest BCUT2D eigenvalue weighted by atomic mass is 32.1. The number of aromatic nitrogens is 2. The lowest BCUT2D eigenvalue weighted by Crippen LogP contribution is -2.36. The fourth-order valence-electron chi connectivity index (χ4n) is 4.13. The van der Waals surface area contributed by atoms with E-state index in [-0.39, 0.29) is 23.1 Å². The zero-order valence-corrected chi connectivity index (χ0v) is 16.6. The van der Waals surface area contributed by atoms with Crippen LogP contribution in [-0.2, 0) is 24.2 Å². The average molecular weight is 413 g/mol. The Labute approximate surface area is 170 Å². The first-order valence-electron chi connectivity index (χ1n) is 9.77. The number of ether oxygens (including phenoxy) is 1. The number of nitrogens with zero attached hydrogens (tertiary/aromatic N) is 3. The lowest BCUT2D eigenvalue weighted by molar-refractivity contribution is 0.0732. The second-order valence-electron chi connectivity index (χ2n) is 7.48. The fourth-order valence-corrected chi connectivity index (χ4v) is 5.33. The van der Waals surface area contributed by atoms with Gasteiger partial charge in [0, 0.05) is 18.0 Å². The van der Waals surface area contributed by atoms with Crippen LogP contribution in [0.5, 0.6) is 0 Å². The van der Waals surface area contributed by atoms with Crippen LogP contribution in [0.2, 0.25) is 0 Å². The first kappa shape index (κ1) is 18.4. The number of fused-ring (bicyclic) bond motifs is 3. The van der Waals surface area contributed by atoms with Gasteiger partial charge in [-0.15, -0.1) is 11.3 Å². The third-order valence-corrected chi connectivity index (χ3v) is 6.77. The maximum absolute atomic E-state index is 14.0. The van der Waals surface area contributed by atoms with Crippen molar-refractivity contribution in [1.29, 1.82) is 0 Å². The van der Waals surface area contributed by atoms with Gasteiger partial charge in [-0.05, 0) is 37.0 Å². The van der Waals surface area contributed by atoms with Crippen LogP contribution in [-0.4, -0.2) is 39.6 Å². The molecule has 0 bridgehead atoms. The Morgan fingerprint density at radius 3 is 3.00 bits per heavy atom. The summed E-state index contributed by atoms with van der Waals surface area (Å²) in [4.78, 5) is 33.6. The number of halogens is 1. The molecule has 0 saturated carbocycles. The normalized spacial score (nSPS) is 18.9. The first-order valence-corrected chi connectivity index (χ1v) is 10.6. The van der Waals surface area contributed by atoms with Gasteiger partial charge in [-0.25, -0.2) is 9.37 Å². The molecule has 2 aliphatic rings. The Kier molecular flexibility index (Phi) is 4.67. The van der Waals surface area contributed by atoms with E-state index in [1.165, 1.54) is 23.5 Å². The molecule has 3 aromatic rings. The molecule has 1 aromatic carbocycles. The van der Waals surface area contributed by atoms with E-state index in [0.29, 0.717) is 36.3 Å². The van der Waals surface area contributed by atoms with Crippen LogP contribution in [0.3, 0.4) is 0 Å². The molecular weight excluding hydrogens is 393 g/mol. The molecule has 0 spiro atoms. The highest BCUT2D eigenvalue weighted by molar-refractivity contribution is 7.18. The van der Waals surface area contributed by atoms with Crippen LogP contribution in [0, 0.1) is 5.82 Å². The smallest absolute Gasteiger partial charge is 0.262 e. The summed E-state index contributed by atoms with van der Waals surface area (Å²) in [6.45, 7) is 2.08. The molecule has 1 atom stereocenters. The minimum Gasteiger partial charge on any atom is -0.376 e. The summed E-state index contributed by atoms with van der Waals surface area (Å²) in [6, 6.07) is 6.03. The van der Waals surface area contributed by atoms with Gasteiger partial charge in [0.25, 0.3) is 11.5 Å². The van der Waals surface area contributed by atoms with E-state index in [1.807, 2.05) is 0 Å². The molecule has 5 rings (SSSR count). The van der Waals surface area contributed by atoms with E-state index in [1.54, 1.807) is 27.9 Å². The molecule has 0 radical (unpaired) electrons. The number of carbonyl (C=O) groups excluding carboxylic acids is 1. The van der Waals surface area contributed by atoms with Gasteiger partial charge in [-0.3, -0.25) is 14.2 Å². The van der Waals surface area contributed by atoms with E-state index in [4.69, 9.17) is 4.74 Å². The van der Waals surface area contributed by atoms with Crippen LogP contribution in [0.4, 0.5) is 4.39 Å². The van der Waals surface area contributed by atoms with Crippen molar-refractivity contribution in [2.75, 3.05) is 13.2 Å². The Morgan fingerprint density at radius 2 is 2.21 bits per heavy atom. The summed E-state index contributed by atoms with van der Waals surface area (Å²) in [7, 11) is 0. The van der Waals surface area contributed by atoms with Crippen molar-refractivity contribution in [3.63, 3.8) is 0 Å². The molecule has 1 amide bonds. The fraction of sp³-hybridized carbons (Fsp3) is 0.381. The largest absolute Gasteiger partial charge is 0.376 e. The third kappa shape index (κ3) is 3.26. The number of rotatable bonds is 3. The van der Waals surface area contributed by atoms with Gasteiger partial charge in [-0.2, -0.15) is 0 Å². The number of hydrogen-bond acceptors (Lipinski definition) is 5. The van der Waals surface area contributed by atoms with Gasteiger partial charge in [0.2, 0.25) is 0 Å². The van der Waals surface area contributed by atoms with Crippen molar-refractivity contribution >= 4 is 27.5 Å². The lowest BCUT2D eigenvalue weighted by atomic mass is 10.0. The summed E-state index contributed by atoms with van der Waals surface area (Å²) in [5.41, 5.74) is 1.01. The number of hydrogen-bond donors (Lipinski definition) is 0. The Balaban J connectivity index is 1.45. The molecule has 150 valence electrons. The Bertz CT molecular complexity index is 1150. The molecule has 29 heavy (non-hydrogen) atoms. The van der Waals surface area contributed by atoms with Gasteiger partial charge < -0.3 is 9.64 Å². The van der Waals surface area contributed by atoms with Crippen molar-refractivity contribution in [3.05, 3.63) is 62.8 Å². The first-order chi connectivity index (χ1) is 14.1. The van der Waals surface area contributed by atoms with Gasteiger partial charge in [0.05, 0.1) is 36.5 Å². The maximum atomic E-state index is 14.0. The van der Waals surface area contributed by atoms with Crippen LogP contribution in [0.25, 0.3) is 10.2 Å². The zero-order valence-electron chi connectivity index (χ0n) is 15.8. The summed E-state index contributed by atoms with van der Waals surface area (Å²) in [5, 5.41) is 0.656. The number of amides is 1. The molecule has 1 saturated heterocycles. The summed E-state index contributed by atoms with van der Waals surface area (Å²) in [5.74, 6) is -0.840. The predicted octanol–water partition coefficient (Wildman–Crippen LogP) is 2.97. The van der Waals surface area contributed by atoms with Gasteiger partial charge in [0.1, 0.15) is 10.6 Å². The minimum absolute atomic E-state index is 0.0446. The molecule has 4 heterocycles. The van der Waals surface area contributed by atoms with Crippen molar-refractivity contribution < 1.29 is 13.9 Å². The monoisotopic (exact) mass is 413 g/mol. The summed E-state index contributed by atoms with van der Waals surface area (Å²) >= 11 is 1.44. The zero-order chi connectivity index (χ0) is 20.0. The molecule has 0 aliphatic carbocycles. The summed E-state index contributed by atoms with van der Waals surface area (Å²) < 4.78 is 21.3. The van der Waals surface area contributed by atoms with Crippen LogP contribution >= 0.6 is 11.3 Å². The lowest BCUT2D eigenvalue weighted by Gasteiger charge is -2.27. The molecule has 1 fully saturated rings. The quantitative estimate of drug-likeness (QED) is 0.662. The van der Waals surface area contributed by atoms with E-state index >= 15 is 0 Å². The van der Waals surface area contributed by atoms with Crippen molar-refractivity contribution in [2.24, 2.45) is 0 Å². The topological polar surface area (TPSA) is 64.4 Å². The second kappa shape index (κ2) is 7.35. The Hall–Kier alpha value is -2.58. The minimum atomic E-state index is -0.515. The number of thiophene rings is 1. The van der Waals surface area contributed by atoms with E-state index < -0.39 is 5.82 Å². The molecule has 0 N–H and O–H groups in total. The maximum Gasteiger partial charge on any atom is 0.262 e. The molecule has 8 heteroatoms. The SMILES string of the molecule is O=C(c1ccccc1F)N1CCc2c(sc3ncn(C[C@H]4CCCO4)c(=O)c23)C1. The molecule has 6 nitrogen and oxygen atoms in total. The third-order valence-electron chi connectivity index (χ3n) is 5.64. The van der Waals surface area contributed by atoms with Crippen molar-refractivity contribution in [1.82, 2.24) is 14.5 Å². The summed E-state index contributed by atoms with van der Waals surface area (Å²) in [6.07, 6.45) is 4.21. The molecule has 2 aromatic heterocycles. The second-order valence-corrected chi connectivity index (χ2v) is 8.56. The van der Waals surface area contributed by atoms with Gasteiger partial charge in [0.15, 0.2) is 0 Å². The van der Waals surface area contributed by atoms with Crippen LogP contribution in [0.15, 0.2) is 35.4 Å². The highest BCUT2D eigenvalue weighted by Gasteiger charge is 2.28. The molecule has 0 unspecified atom stereocenters. The van der Waals surface area contributed by atoms with Crippen LogP contribution < -0.4 is 5.56 Å². The van der Waals surface area contributed by atoms with E-state index in [0.717, 1.165) is 29.9 Å². The standard InChI is InChI=1S/C21H20FN3O3S/c22-16-6-2-1-5-14(16)20(26)24-8-7-15-17(11-24)29-19-18(15)21(27)25(12-23-19)10-13-4-3-9-28-13/h1-2,5-6,12-13H,3-4,7-11H2/t13-/m1/s1. The number of carbonyl (C=O) groups is 1. The van der Waals surface area contributed by atoms with E-state index in [2.05, 4.69) is 4.98 Å². The van der Waals surface area contributed by atoms with Gasteiger partial charge >= 0.3 is 0 Å². The average Bonchev–Trinajstić information content (AvgIpc) is 3.37. The highest BCUT2D eigenvalue weighted by Crippen LogP contribution is 2.33. The Morgan fingerprint density at radius 1 is 1.34 bits per heavy atom.